The SMILES string of the molecule is CCSc1nnc(NC(=O)[C@@H](C)N(c2ccc(OC)c(OC)c2)S(C)(=O)=O)s1. The summed E-state index contributed by atoms with van der Waals surface area (Å²) in [6.45, 7) is 3.48. The minimum Gasteiger partial charge on any atom is -0.493 e. The van der Waals surface area contributed by atoms with Crippen LogP contribution in [-0.4, -0.2) is 56.8 Å². The number of thioether (sulfide) groups is 1. The van der Waals surface area contributed by atoms with Crippen molar-refractivity contribution in [2.75, 3.05) is 35.9 Å². The van der Waals surface area contributed by atoms with Gasteiger partial charge in [0.15, 0.2) is 15.8 Å². The molecule has 0 saturated heterocycles. The fraction of sp³-hybridized carbons (Fsp3) is 0.438. The van der Waals surface area contributed by atoms with E-state index < -0.39 is 22.0 Å². The number of amides is 1. The van der Waals surface area contributed by atoms with Crippen LogP contribution >= 0.6 is 23.1 Å². The maximum atomic E-state index is 12.7. The Labute approximate surface area is 172 Å². The molecule has 0 aliphatic rings. The summed E-state index contributed by atoms with van der Waals surface area (Å²) in [7, 11) is -0.834. The molecule has 0 radical (unpaired) electrons. The van der Waals surface area contributed by atoms with E-state index in [2.05, 4.69) is 15.5 Å². The lowest BCUT2D eigenvalue weighted by Crippen LogP contribution is -2.45. The van der Waals surface area contributed by atoms with Gasteiger partial charge in [0.1, 0.15) is 6.04 Å². The number of nitrogens with zero attached hydrogens (tertiary/aromatic N) is 3. The molecule has 0 aliphatic heterocycles. The third-order valence-electron chi connectivity index (χ3n) is 3.61. The molecule has 1 heterocycles. The van der Waals surface area contributed by atoms with Crippen LogP contribution in [0.25, 0.3) is 0 Å². The summed E-state index contributed by atoms with van der Waals surface area (Å²) in [5.74, 6) is 1.11. The third kappa shape index (κ3) is 5.26. The first-order valence-corrected chi connectivity index (χ1v) is 11.8. The second-order valence-electron chi connectivity index (χ2n) is 5.57. The van der Waals surface area contributed by atoms with Gasteiger partial charge in [-0.15, -0.1) is 10.2 Å². The highest BCUT2D eigenvalue weighted by atomic mass is 32.2. The summed E-state index contributed by atoms with van der Waals surface area (Å²) in [5.41, 5.74) is 0.280. The molecule has 12 heteroatoms. The van der Waals surface area contributed by atoms with Gasteiger partial charge in [0.25, 0.3) is 0 Å². The van der Waals surface area contributed by atoms with Crippen LogP contribution in [0.4, 0.5) is 10.8 Å². The molecule has 0 aliphatic carbocycles. The number of carbonyl (C=O) groups is 1. The summed E-state index contributed by atoms with van der Waals surface area (Å²) < 4.78 is 37.0. The van der Waals surface area contributed by atoms with E-state index in [0.717, 1.165) is 20.7 Å². The van der Waals surface area contributed by atoms with Gasteiger partial charge in [0.05, 0.1) is 26.2 Å². The molecule has 2 rings (SSSR count). The van der Waals surface area contributed by atoms with E-state index in [0.29, 0.717) is 16.6 Å². The number of nitrogens with one attached hydrogen (secondary N) is 1. The van der Waals surface area contributed by atoms with E-state index in [1.165, 1.54) is 50.3 Å². The van der Waals surface area contributed by atoms with Crippen LogP contribution < -0.4 is 19.1 Å². The van der Waals surface area contributed by atoms with Gasteiger partial charge in [-0.05, 0) is 24.8 Å². The van der Waals surface area contributed by atoms with Crippen molar-refractivity contribution in [2.24, 2.45) is 0 Å². The number of anilines is 2. The van der Waals surface area contributed by atoms with Crippen LogP contribution in [0.1, 0.15) is 13.8 Å². The zero-order valence-corrected chi connectivity index (χ0v) is 18.6. The molecule has 1 aromatic carbocycles. The highest BCUT2D eigenvalue weighted by molar-refractivity contribution is 8.01. The summed E-state index contributed by atoms with van der Waals surface area (Å²) in [5, 5.41) is 10.8. The van der Waals surface area contributed by atoms with Crippen molar-refractivity contribution < 1.29 is 22.7 Å². The van der Waals surface area contributed by atoms with E-state index in [-0.39, 0.29) is 5.69 Å². The maximum Gasteiger partial charge on any atom is 0.249 e. The topological polar surface area (TPSA) is 111 Å². The summed E-state index contributed by atoms with van der Waals surface area (Å²) in [4.78, 5) is 12.7. The fourth-order valence-corrected chi connectivity index (χ4v) is 5.24. The van der Waals surface area contributed by atoms with Gasteiger partial charge >= 0.3 is 0 Å². The fourth-order valence-electron chi connectivity index (χ4n) is 2.42. The monoisotopic (exact) mass is 446 g/mol. The van der Waals surface area contributed by atoms with Crippen molar-refractivity contribution >= 4 is 49.8 Å². The second kappa shape index (κ2) is 9.43. The van der Waals surface area contributed by atoms with Crippen LogP contribution in [-0.2, 0) is 14.8 Å². The van der Waals surface area contributed by atoms with Crippen molar-refractivity contribution in [2.45, 2.75) is 24.2 Å². The molecule has 0 spiro atoms. The molecule has 0 saturated carbocycles. The quantitative estimate of drug-likeness (QED) is 0.462. The first-order chi connectivity index (χ1) is 13.2. The molecule has 0 unspecified atom stereocenters. The van der Waals surface area contributed by atoms with Gasteiger partial charge in [-0.1, -0.05) is 30.0 Å². The van der Waals surface area contributed by atoms with Crippen LogP contribution in [0.5, 0.6) is 11.5 Å². The van der Waals surface area contributed by atoms with Gasteiger partial charge in [-0.25, -0.2) is 8.42 Å². The molecule has 9 nitrogen and oxygen atoms in total. The van der Waals surface area contributed by atoms with Crippen molar-refractivity contribution in [1.29, 1.82) is 0 Å². The molecule has 0 bridgehead atoms. The van der Waals surface area contributed by atoms with Crippen molar-refractivity contribution in [1.82, 2.24) is 10.2 Å². The molecular formula is C16H22N4O5S3. The molecule has 2 aromatic rings. The van der Waals surface area contributed by atoms with Crippen LogP contribution in [0.2, 0.25) is 0 Å². The molecule has 28 heavy (non-hydrogen) atoms. The predicted molar refractivity (Wildman–Crippen MR) is 111 cm³/mol. The highest BCUT2D eigenvalue weighted by Gasteiger charge is 2.30. The van der Waals surface area contributed by atoms with E-state index in [9.17, 15) is 13.2 Å². The van der Waals surface area contributed by atoms with E-state index in [4.69, 9.17) is 9.47 Å². The molecule has 1 N–H and O–H groups in total. The summed E-state index contributed by atoms with van der Waals surface area (Å²) >= 11 is 2.74. The number of hydrogen-bond acceptors (Lipinski definition) is 9. The largest absolute Gasteiger partial charge is 0.493 e. The Balaban J connectivity index is 2.30. The Morgan fingerprint density at radius 2 is 1.96 bits per heavy atom. The second-order valence-corrected chi connectivity index (χ2v) is 9.92. The number of sulfonamides is 1. The number of hydrogen-bond donors (Lipinski definition) is 1. The molecule has 1 aromatic heterocycles. The maximum absolute atomic E-state index is 12.7. The zero-order valence-electron chi connectivity index (χ0n) is 16.1. The van der Waals surface area contributed by atoms with Gasteiger partial charge in [-0.3, -0.25) is 14.4 Å². The number of aromatic nitrogens is 2. The molecule has 154 valence electrons. The van der Waals surface area contributed by atoms with Gasteiger partial charge in [-0.2, -0.15) is 0 Å². The van der Waals surface area contributed by atoms with E-state index in [1.807, 2.05) is 6.92 Å². The Bertz CT molecular complexity index is 932. The number of ether oxygens (including phenoxy) is 2. The van der Waals surface area contributed by atoms with Gasteiger partial charge in [0.2, 0.25) is 21.1 Å². The molecule has 0 fully saturated rings. The van der Waals surface area contributed by atoms with Crippen LogP contribution in [0.15, 0.2) is 22.5 Å². The molecular weight excluding hydrogens is 424 g/mol. The third-order valence-corrected chi connectivity index (χ3v) is 6.71. The highest BCUT2D eigenvalue weighted by Crippen LogP contribution is 2.33. The Morgan fingerprint density at radius 3 is 2.54 bits per heavy atom. The zero-order chi connectivity index (χ0) is 20.9. The van der Waals surface area contributed by atoms with E-state index >= 15 is 0 Å². The first-order valence-electron chi connectivity index (χ1n) is 8.19. The Morgan fingerprint density at radius 1 is 1.29 bits per heavy atom. The number of carbonyl (C=O) groups excluding carboxylic acids is 1. The minimum absolute atomic E-state index is 0.280. The first kappa shape index (κ1) is 22.2. The minimum atomic E-state index is -3.76. The van der Waals surface area contributed by atoms with Crippen molar-refractivity contribution in [3.8, 4) is 11.5 Å². The normalized spacial score (nSPS) is 12.3. The lowest BCUT2D eigenvalue weighted by atomic mass is 10.2. The molecule has 1 atom stereocenters. The smallest absolute Gasteiger partial charge is 0.249 e. The Hall–Kier alpha value is -2.05. The van der Waals surface area contributed by atoms with Crippen molar-refractivity contribution in [3.05, 3.63) is 18.2 Å². The predicted octanol–water partition coefficient (Wildman–Crippen LogP) is 2.46. The number of methoxy groups -OCH3 is 2. The van der Waals surface area contributed by atoms with Crippen LogP contribution in [0.3, 0.4) is 0 Å². The standard InChI is InChI=1S/C16H22N4O5S3/c1-6-26-16-19-18-15(27-16)17-14(21)10(2)20(28(5,22)23)11-7-8-12(24-3)13(9-11)25-4/h7-10H,6H2,1-5H3,(H,17,18,21)/t10-/m1/s1. The summed E-state index contributed by atoms with van der Waals surface area (Å²) in [6.07, 6.45) is 1.04. The Kier molecular flexibility index (Phi) is 7.49. The number of rotatable bonds is 9. The lowest BCUT2D eigenvalue weighted by Gasteiger charge is -2.28. The average Bonchev–Trinajstić information content (AvgIpc) is 3.07. The lowest BCUT2D eigenvalue weighted by molar-refractivity contribution is -0.116. The molecule has 1 amide bonds. The van der Waals surface area contributed by atoms with Crippen molar-refractivity contribution in [3.63, 3.8) is 0 Å². The van der Waals surface area contributed by atoms with E-state index in [1.54, 1.807) is 12.1 Å². The van der Waals surface area contributed by atoms with Gasteiger partial charge < -0.3 is 9.47 Å². The number of benzene rings is 1. The average molecular weight is 447 g/mol. The van der Waals surface area contributed by atoms with Gasteiger partial charge in [0, 0.05) is 6.07 Å². The summed E-state index contributed by atoms with van der Waals surface area (Å²) in [6, 6.07) is 3.60. The van der Waals surface area contributed by atoms with Crippen LogP contribution in [0, 0.1) is 0 Å².